The predicted molar refractivity (Wildman–Crippen MR) is 86.4 cm³/mol. The van der Waals surface area contributed by atoms with Gasteiger partial charge in [0.05, 0.1) is 11.1 Å². The first kappa shape index (κ1) is 15.5. The summed E-state index contributed by atoms with van der Waals surface area (Å²) in [6, 6.07) is 4.66. The topological polar surface area (TPSA) is 66.5 Å². The highest BCUT2D eigenvalue weighted by Gasteiger charge is 2.33. The average Bonchev–Trinajstić information content (AvgIpc) is 2.80. The minimum atomic E-state index is -0.355. The summed E-state index contributed by atoms with van der Waals surface area (Å²) in [6.45, 7) is 0.592. The normalized spacial score (nSPS) is 17.1. The second-order valence-electron chi connectivity index (χ2n) is 6.04. The Morgan fingerprint density at radius 3 is 2.70 bits per heavy atom. The smallest absolute Gasteiger partial charge is 0.261 e. The molecule has 0 radical (unpaired) electrons. The minimum absolute atomic E-state index is 0.209. The first-order valence-electron chi connectivity index (χ1n) is 8.00. The molecule has 0 bridgehead atoms. The molecule has 0 saturated heterocycles. The molecule has 0 unspecified atom stereocenters. The zero-order valence-electron chi connectivity index (χ0n) is 13.2. The summed E-state index contributed by atoms with van der Waals surface area (Å²) >= 11 is 0. The number of amides is 3. The summed E-state index contributed by atoms with van der Waals surface area (Å²) in [5.74, 6) is -0.882. The number of rotatable bonds is 4. The maximum Gasteiger partial charge on any atom is 0.261 e. The van der Waals surface area contributed by atoms with Crippen molar-refractivity contribution < 1.29 is 14.4 Å². The standard InChI is InChI=1S/C18H20N2O3/c1-20-17(22)14-8-7-13(11-15(14)18(20)23)16(21)19-10-9-12-5-3-2-4-6-12/h5,7-8,11H,2-4,6,9-10H2,1H3,(H,19,21). The van der Waals surface area contributed by atoms with Gasteiger partial charge in [-0.05, 0) is 50.3 Å². The molecule has 1 heterocycles. The van der Waals surface area contributed by atoms with Crippen molar-refractivity contribution in [1.82, 2.24) is 10.2 Å². The van der Waals surface area contributed by atoms with Gasteiger partial charge >= 0.3 is 0 Å². The van der Waals surface area contributed by atoms with E-state index < -0.39 is 0 Å². The van der Waals surface area contributed by atoms with Crippen LogP contribution in [-0.2, 0) is 0 Å². The molecule has 1 aromatic rings. The van der Waals surface area contributed by atoms with Gasteiger partial charge in [-0.15, -0.1) is 0 Å². The van der Waals surface area contributed by atoms with Gasteiger partial charge in [0.1, 0.15) is 0 Å². The highest BCUT2D eigenvalue weighted by atomic mass is 16.2. The number of benzene rings is 1. The molecule has 5 heteroatoms. The Kier molecular flexibility index (Phi) is 4.28. The Morgan fingerprint density at radius 1 is 1.17 bits per heavy atom. The van der Waals surface area contributed by atoms with E-state index in [9.17, 15) is 14.4 Å². The molecular weight excluding hydrogens is 292 g/mol. The number of nitrogens with zero attached hydrogens (tertiary/aromatic N) is 1. The van der Waals surface area contributed by atoms with Gasteiger partial charge in [0.25, 0.3) is 17.7 Å². The lowest BCUT2D eigenvalue weighted by atomic mass is 9.97. The van der Waals surface area contributed by atoms with Crippen molar-refractivity contribution in [2.75, 3.05) is 13.6 Å². The lowest BCUT2D eigenvalue weighted by Gasteiger charge is -2.13. The van der Waals surface area contributed by atoms with E-state index in [4.69, 9.17) is 0 Å². The Bertz CT molecular complexity index is 706. The summed E-state index contributed by atoms with van der Waals surface area (Å²) in [6.07, 6.45) is 7.89. The molecule has 3 rings (SSSR count). The third-order valence-electron chi connectivity index (χ3n) is 4.47. The molecule has 2 aliphatic rings. The van der Waals surface area contributed by atoms with Crippen molar-refractivity contribution >= 4 is 17.7 Å². The van der Waals surface area contributed by atoms with Crippen LogP contribution in [0.1, 0.15) is 63.2 Å². The number of hydrogen-bond acceptors (Lipinski definition) is 3. The van der Waals surface area contributed by atoms with E-state index in [0.29, 0.717) is 23.2 Å². The molecule has 1 aliphatic carbocycles. The summed E-state index contributed by atoms with van der Waals surface area (Å²) in [7, 11) is 1.45. The van der Waals surface area contributed by atoms with Gasteiger partial charge < -0.3 is 5.32 Å². The lowest BCUT2D eigenvalue weighted by molar-refractivity contribution is 0.0693. The number of nitrogens with one attached hydrogen (secondary N) is 1. The second-order valence-corrected chi connectivity index (χ2v) is 6.04. The van der Waals surface area contributed by atoms with Gasteiger partial charge in [0.15, 0.2) is 0 Å². The third kappa shape index (κ3) is 3.04. The summed E-state index contributed by atoms with van der Waals surface area (Å²) in [4.78, 5) is 37.1. The monoisotopic (exact) mass is 312 g/mol. The van der Waals surface area contributed by atoms with Crippen LogP contribution in [0.3, 0.4) is 0 Å². The number of carbonyl (C=O) groups is 3. The molecule has 0 aromatic heterocycles. The van der Waals surface area contributed by atoms with Crippen LogP contribution in [-0.4, -0.2) is 36.2 Å². The van der Waals surface area contributed by atoms with Crippen LogP contribution < -0.4 is 5.32 Å². The van der Waals surface area contributed by atoms with E-state index in [1.54, 1.807) is 12.1 Å². The number of imide groups is 1. The molecule has 5 nitrogen and oxygen atoms in total. The maximum atomic E-state index is 12.2. The van der Waals surface area contributed by atoms with Crippen molar-refractivity contribution in [3.8, 4) is 0 Å². The van der Waals surface area contributed by atoms with Gasteiger partial charge in [0, 0.05) is 19.2 Å². The molecule has 23 heavy (non-hydrogen) atoms. The Hall–Kier alpha value is -2.43. The van der Waals surface area contributed by atoms with Crippen molar-refractivity contribution in [2.24, 2.45) is 0 Å². The van der Waals surface area contributed by atoms with E-state index in [-0.39, 0.29) is 17.7 Å². The number of fused-ring (bicyclic) bond motifs is 1. The number of allylic oxidation sites excluding steroid dienone is 1. The van der Waals surface area contributed by atoms with Gasteiger partial charge in [-0.1, -0.05) is 11.6 Å². The van der Waals surface area contributed by atoms with Crippen molar-refractivity contribution in [3.63, 3.8) is 0 Å². The average molecular weight is 312 g/mol. The van der Waals surface area contributed by atoms with Crippen LogP contribution in [0.25, 0.3) is 0 Å². The quantitative estimate of drug-likeness (QED) is 0.686. The lowest BCUT2D eigenvalue weighted by Crippen LogP contribution is -2.25. The SMILES string of the molecule is CN1C(=O)c2ccc(C(=O)NCCC3=CCCCC3)cc2C1=O. The Morgan fingerprint density at radius 2 is 1.96 bits per heavy atom. The van der Waals surface area contributed by atoms with Crippen LogP contribution in [0, 0.1) is 0 Å². The molecular formula is C18H20N2O3. The highest BCUT2D eigenvalue weighted by molar-refractivity contribution is 6.21. The van der Waals surface area contributed by atoms with E-state index in [2.05, 4.69) is 11.4 Å². The molecule has 1 aromatic carbocycles. The zero-order chi connectivity index (χ0) is 16.4. The number of hydrogen-bond donors (Lipinski definition) is 1. The third-order valence-corrected chi connectivity index (χ3v) is 4.47. The highest BCUT2D eigenvalue weighted by Crippen LogP contribution is 2.23. The van der Waals surface area contributed by atoms with E-state index in [1.807, 2.05) is 0 Å². The fraction of sp³-hybridized carbons (Fsp3) is 0.389. The Balaban J connectivity index is 1.63. The van der Waals surface area contributed by atoms with Gasteiger partial charge in [-0.25, -0.2) is 0 Å². The van der Waals surface area contributed by atoms with Crippen LogP contribution in [0.15, 0.2) is 29.8 Å². The minimum Gasteiger partial charge on any atom is -0.352 e. The molecule has 0 spiro atoms. The summed E-state index contributed by atoms with van der Waals surface area (Å²) < 4.78 is 0. The molecule has 1 aliphatic heterocycles. The fourth-order valence-corrected chi connectivity index (χ4v) is 3.07. The van der Waals surface area contributed by atoms with Crippen molar-refractivity contribution in [3.05, 3.63) is 46.5 Å². The second kappa shape index (κ2) is 6.36. The first-order valence-corrected chi connectivity index (χ1v) is 8.00. The molecule has 1 N–H and O–H groups in total. The van der Waals surface area contributed by atoms with E-state index >= 15 is 0 Å². The summed E-state index contributed by atoms with van der Waals surface area (Å²) in [5, 5.41) is 2.89. The van der Waals surface area contributed by atoms with Gasteiger partial charge in [-0.3, -0.25) is 19.3 Å². The molecule has 0 saturated carbocycles. The van der Waals surface area contributed by atoms with Crippen LogP contribution in [0.2, 0.25) is 0 Å². The first-order chi connectivity index (χ1) is 11.1. The maximum absolute atomic E-state index is 12.2. The van der Waals surface area contributed by atoms with E-state index in [0.717, 1.165) is 24.2 Å². The molecule has 0 atom stereocenters. The van der Waals surface area contributed by atoms with Gasteiger partial charge in [0.2, 0.25) is 0 Å². The molecule has 0 fully saturated rings. The zero-order valence-corrected chi connectivity index (χ0v) is 13.2. The van der Waals surface area contributed by atoms with E-state index in [1.165, 1.54) is 31.5 Å². The fourth-order valence-electron chi connectivity index (χ4n) is 3.07. The van der Waals surface area contributed by atoms with Crippen molar-refractivity contribution in [1.29, 1.82) is 0 Å². The van der Waals surface area contributed by atoms with Crippen LogP contribution in [0.4, 0.5) is 0 Å². The molecule has 120 valence electrons. The van der Waals surface area contributed by atoms with Gasteiger partial charge in [-0.2, -0.15) is 0 Å². The molecule has 3 amide bonds. The van der Waals surface area contributed by atoms with Crippen LogP contribution >= 0.6 is 0 Å². The predicted octanol–water partition coefficient (Wildman–Crippen LogP) is 2.53. The largest absolute Gasteiger partial charge is 0.352 e. The van der Waals surface area contributed by atoms with Crippen molar-refractivity contribution in [2.45, 2.75) is 32.1 Å². The van der Waals surface area contributed by atoms with Crippen LogP contribution in [0.5, 0.6) is 0 Å². The summed E-state index contributed by atoms with van der Waals surface area (Å²) in [5.41, 5.74) is 2.49. The number of carbonyl (C=O) groups excluding carboxylic acids is 3. The Labute approximate surface area is 135 Å².